The lowest BCUT2D eigenvalue weighted by Crippen LogP contribution is -1.91. The molecule has 0 radical (unpaired) electrons. The third kappa shape index (κ3) is 2.95. The van der Waals surface area contributed by atoms with Crippen molar-refractivity contribution < 1.29 is 13.2 Å². The zero-order chi connectivity index (χ0) is 6.85. The largest absolute Gasteiger partial charge is 0.251 e. The van der Waals surface area contributed by atoms with Crippen molar-refractivity contribution >= 4 is 24.8 Å². The van der Waals surface area contributed by atoms with E-state index in [1.807, 2.05) is 0 Å². The second-order valence-corrected chi connectivity index (χ2v) is 1.40. The summed E-state index contributed by atoms with van der Waals surface area (Å²) in [5.41, 5.74) is 0. The molecule has 0 saturated carbocycles. The second-order valence-electron chi connectivity index (χ2n) is 1.40. The first kappa shape index (κ1) is 13.1. The third-order valence-electron chi connectivity index (χ3n) is 0.800. The van der Waals surface area contributed by atoms with Gasteiger partial charge in [-0.15, -0.1) is 24.8 Å². The van der Waals surface area contributed by atoms with Crippen molar-refractivity contribution in [3.63, 3.8) is 0 Å². The molecule has 0 aliphatic heterocycles. The molecule has 0 bridgehead atoms. The molecule has 1 rings (SSSR count). The standard InChI is InChI=1S/C5H2F3N.2ClH/c6-3-1-2-9-5(8)4(3)7;;/h1-2H;2*1H. The molecule has 0 atom stereocenters. The molecule has 1 heterocycles. The number of aromatic nitrogens is 1. The van der Waals surface area contributed by atoms with Crippen molar-refractivity contribution in [3.05, 3.63) is 29.8 Å². The monoisotopic (exact) mass is 205 g/mol. The van der Waals surface area contributed by atoms with E-state index in [0.717, 1.165) is 12.3 Å². The van der Waals surface area contributed by atoms with Gasteiger partial charge in [0.2, 0.25) is 5.82 Å². The van der Waals surface area contributed by atoms with E-state index in [4.69, 9.17) is 0 Å². The Hall–Kier alpha value is -0.480. The fourth-order valence-corrected chi connectivity index (χ4v) is 0.397. The first-order chi connectivity index (χ1) is 4.22. The lowest BCUT2D eigenvalue weighted by molar-refractivity contribution is 0.427. The maximum Gasteiger partial charge on any atom is 0.251 e. The van der Waals surface area contributed by atoms with E-state index in [1.54, 1.807) is 0 Å². The minimum absolute atomic E-state index is 0. The molecule has 0 amide bonds. The summed E-state index contributed by atoms with van der Waals surface area (Å²) in [6, 6.07) is 0.748. The van der Waals surface area contributed by atoms with Crippen molar-refractivity contribution in [1.82, 2.24) is 4.98 Å². The fraction of sp³-hybridized carbons (Fsp3) is 0. The van der Waals surface area contributed by atoms with Crippen molar-refractivity contribution in [2.24, 2.45) is 0 Å². The minimum atomic E-state index is -1.53. The number of rotatable bonds is 0. The van der Waals surface area contributed by atoms with Crippen LogP contribution < -0.4 is 0 Å². The second kappa shape index (κ2) is 5.21. The average molecular weight is 206 g/mol. The highest BCUT2D eigenvalue weighted by Gasteiger charge is 2.06. The Balaban J connectivity index is 0. The van der Waals surface area contributed by atoms with Crippen molar-refractivity contribution in [3.8, 4) is 0 Å². The topological polar surface area (TPSA) is 12.9 Å². The maximum atomic E-state index is 11.9. The zero-order valence-corrected chi connectivity index (χ0v) is 6.69. The maximum absolute atomic E-state index is 11.9. The number of hydrogen-bond donors (Lipinski definition) is 0. The van der Waals surface area contributed by atoms with Gasteiger partial charge in [0.25, 0.3) is 5.95 Å². The lowest BCUT2D eigenvalue weighted by atomic mass is 10.4. The van der Waals surface area contributed by atoms with E-state index < -0.39 is 17.6 Å². The van der Waals surface area contributed by atoms with Crippen molar-refractivity contribution in [2.75, 3.05) is 0 Å². The molecular formula is C5H4Cl2F3N. The van der Waals surface area contributed by atoms with Crippen LogP contribution in [0, 0.1) is 17.6 Å². The van der Waals surface area contributed by atoms with Gasteiger partial charge in [0.05, 0.1) is 0 Å². The predicted molar refractivity (Wildman–Crippen MR) is 38.6 cm³/mol. The number of nitrogens with zero attached hydrogens (tertiary/aromatic N) is 1. The van der Waals surface area contributed by atoms with E-state index in [2.05, 4.69) is 4.98 Å². The van der Waals surface area contributed by atoms with Crippen LogP contribution in [0.1, 0.15) is 0 Å². The molecule has 0 unspecified atom stereocenters. The summed E-state index contributed by atoms with van der Waals surface area (Å²) in [6.45, 7) is 0. The fourth-order valence-electron chi connectivity index (χ4n) is 0.397. The molecule has 0 spiro atoms. The molecule has 0 N–H and O–H groups in total. The summed E-state index contributed by atoms with van der Waals surface area (Å²) in [5, 5.41) is 0. The van der Waals surface area contributed by atoms with Gasteiger partial charge in [-0.05, 0) is 6.07 Å². The lowest BCUT2D eigenvalue weighted by Gasteiger charge is -1.89. The number of halogens is 5. The molecule has 0 aromatic carbocycles. The third-order valence-corrected chi connectivity index (χ3v) is 0.800. The predicted octanol–water partition coefficient (Wildman–Crippen LogP) is 2.34. The van der Waals surface area contributed by atoms with Crippen molar-refractivity contribution in [1.29, 1.82) is 0 Å². The van der Waals surface area contributed by atoms with Gasteiger partial charge in [0, 0.05) is 6.20 Å². The van der Waals surface area contributed by atoms with Gasteiger partial charge in [0.1, 0.15) is 0 Å². The minimum Gasteiger partial charge on any atom is -0.226 e. The van der Waals surface area contributed by atoms with Crippen LogP contribution in [0.4, 0.5) is 13.2 Å². The van der Waals surface area contributed by atoms with Gasteiger partial charge in [-0.3, -0.25) is 0 Å². The normalized spacial score (nSPS) is 7.91. The summed E-state index contributed by atoms with van der Waals surface area (Å²) in [5.74, 6) is -4.16. The van der Waals surface area contributed by atoms with Crippen LogP contribution in [0.15, 0.2) is 12.3 Å². The smallest absolute Gasteiger partial charge is 0.226 e. The molecule has 6 heteroatoms. The Bertz CT molecular complexity index is 211. The van der Waals surface area contributed by atoms with Crippen LogP contribution in [-0.2, 0) is 0 Å². The summed E-state index contributed by atoms with van der Waals surface area (Å²) in [6.07, 6.45) is 0.855. The first-order valence-corrected chi connectivity index (χ1v) is 2.17. The van der Waals surface area contributed by atoms with E-state index in [0.29, 0.717) is 0 Å². The van der Waals surface area contributed by atoms with Gasteiger partial charge in [-0.2, -0.15) is 8.78 Å². The molecule has 1 aromatic rings. The van der Waals surface area contributed by atoms with Gasteiger partial charge in [0.15, 0.2) is 5.82 Å². The first-order valence-electron chi connectivity index (χ1n) is 2.17. The highest BCUT2D eigenvalue weighted by atomic mass is 35.5. The Morgan fingerprint density at radius 2 is 1.64 bits per heavy atom. The molecule has 0 saturated heterocycles. The van der Waals surface area contributed by atoms with Crippen LogP contribution in [0.3, 0.4) is 0 Å². The summed E-state index contributed by atoms with van der Waals surface area (Å²) in [4.78, 5) is 2.86. The van der Waals surface area contributed by atoms with Gasteiger partial charge in [-0.25, -0.2) is 9.37 Å². The Morgan fingerprint density at radius 1 is 1.09 bits per heavy atom. The van der Waals surface area contributed by atoms with E-state index >= 15 is 0 Å². The van der Waals surface area contributed by atoms with Crippen molar-refractivity contribution in [2.45, 2.75) is 0 Å². The zero-order valence-electron chi connectivity index (χ0n) is 5.05. The molecule has 1 nitrogen and oxygen atoms in total. The Morgan fingerprint density at radius 3 is 2.00 bits per heavy atom. The Labute approximate surface area is 73.5 Å². The molecule has 1 aromatic heterocycles. The van der Waals surface area contributed by atoms with E-state index in [-0.39, 0.29) is 24.8 Å². The summed E-state index contributed by atoms with van der Waals surface area (Å²) >= 11 is 0. The van der Waals surface area contributed by atoms with Gasteiger partial charge < -0.3 is 0 Å². The van der Waals surface area contributed by atoms with E-state index in [9.17, 15) is 13.2 Å². The van der Waals surface area contributed by atoms with Gasteiger partial charge in [-0.1, -0.05) is 0 Å². The van der Waals surface area contributed by atoms with Crippen LogP contribution in [0.2, 0.25) is 0 Å². The average Bonchev–Trinajstić information content (AvgIpc) is 1.83. The van der Waals surface area contributed by atoms with E-state index in [1.165, 1.54) is 0 Å². The molecule has 0 aliphatic carbocycles. The Kier molecular flexibility index (Phi) is 6.22. The molecule has 11 heavy (non-hydrogen) atoms. The summed E-state index contributed by atoms with van der Waals surface area (Å²) < 4.78 is 35.7. The quantitative estimate of drug-likeness (QED) is 0.593. The number of hydrogen-bond acceptors (Lipinski definition) is 1. The van der Waals surface area contributed by atoms with Crippen LogP contribution in [0.5, 0.6) is 0 Å². The summed E-state index contributed by atoms with van der Waals surface area (Å²) in [7, 11) is 0. The molecule has 0 fully saturated rings. The molecule has 0 aliphatic rings. The van der Waals surface area contributed by atoms with Crippen LogP contribution in [0.25, 0.3) is 0 Å². The highest BCUT2D eigenvalue weighted by Crippen LogP contribution is 2.04. The van der Waals surface area contributed by atoms with Crippen LogP contribution in [-0.4, -0.2) is 4.98 Å². The SMILES string of the molecule is Cl.Cl.Fc1ccnc(F)c1F. The highest BCUT2D eigenvalue weighted by molar-refractivity contribution is 5.85. The molecule has 64 valence electrons. The molecular weight excluding hydrogens is 202 g/mol. The van der Waals surface area contributed by atoms with Crippen LogP contribution >= 0.6 is 24.8 Å². The van der Waals surface area contributed by atoms with Gasteiger partial charge >= 0.3 is 0 Å². The number of pyridine rings is 1.